The smallest absolute Gasteiger partial charge is 0.163 e. The minimum Gasteiger partial charge on any atom is -0.457 e. The van der Waals surface area contributed by atoms with Gasteiger partial charge in [0.25, 0.3) is 0 Å². The van der Waals surface area contributed by atoms with Gasteiger partial charge >= 0.3 is 0 Å². The van der Waals surface area contributed by atoms with Gasteiger partial charge in [0.15, 0.2) is 11.6 Å². The van der Waals surface area contributed by atoms with Crippen molar-refractivity contribution < 1.29 is 14.3 Å². The molecule has 0 saturated heterocycles. The summed E-state index contributed by atoms with van der Waals surface area (Å²) in [5, 5.41) is 0. The van der Waals surface area contributed by atoms with E-state index in [0.717, 1.165) is 0 Å². The van der Waals surface area contributed by atoms with Gasteiger partial charge in [-0.1, -0.05) is 12.2 Å². The summed E-state index contributed by atoms with van der Waals surface area (Å²) in [5.74, 6) is 0.993. The number of hydrogen-bond acceptors (Lipinski definition) is 3. The molecule has 0 atom stereocenters. The van der Waals surface area contributed by atoms with E-state index in [-0.39, 0.29) is 11.6 Å². The van der Waals surface area contributed by atoms with Crippen LogP contribution in [0.3, 0.4) is 0 Å². The van der Waals surface area contributed by atoms with E-state index >= 15 is 0 Å². The van der Waals surface area contributed by atoms with Crippen LogP contribution in [0.15, 0.2) is 48.0 Å². The molecule has 3 heteroatoms. The number of carbonyl (C=O) groups excluding carboxylic acids is 2. The van der Waals surface area contributed by atoms with Crippen LogP contribution in [0.4, 0.5) is 0 Å². The predicted octanol–water partition coefficient (Wildman–Crippen LogP) is 1.83. The highest BCUT2D eigenvalue weighted by molar-refractivity contribution is 5.93. The fraction of sp³-hybridized carbons (Fsp3) is 0.167. The van der Waals surface area contributed by atoms with E-state index in [9.17, 15) is 9.59 Å². The lowest BCUT2D eigenvalue weighted by Crippen LogP contribution is -2.03. The van der Waals surface area contributed by atoms with Crippen LogP contribution in [0, 0.1) is 0 Å². The van der Waals surface area contributed by atoms with E-state index < -0.39 is 0 Å². The molecule has 0 aromatic heterocycles. The Morgan fingerprint density at radius 2 is 1.33 bits per heavy atom. The summed E-state index contributed by atoms with van der Waals surface area (Å²) in [4.78, 5) is 22.1. The molecule has 2 aliphatic carbocycles. The molecule has 0 N–H and O–H groups in total. The number of ether oxygens (including phenoxy) is 1. The van der Waals surface area contributed by atoms with Crippen molar-refractivity contribution in [1.82, 2.24) is 0 Å². The summed E-state index contributed by atoms with van der Waals surface area (Å²) in [6.45, 7) is 0. The molecule has 0 fully saturated rings. The Morgan fingerprint density at radius 1 is 0.867 bits per heavy atom. The summed E-state index contributed by atoms with van der Waals surface area (Å²) < 4.78 is 5.38. The van der Waals surface area contributed by atoms with E-state index in [1.54, 1.807) is 24.3 Å². The third-order valence-corrected chi connectivity index (χ3v) is 2.04. The van der Waals surface area contributed by atoms with Crippen molar-refractivity contribution in [2.24, 2.45) is 0 Å². The molecule has 0 aromatic rings. The van der Waals surface area contributed by atoms with Gasteiger partial charge in [-0.3, -0.25) is 9.59 Å². The van der Waals surface area contributed by atoms with E-state index in [1.807, 2.05) is 0 Å². The van der Waals surface area contributed by atoms with Gasteiger partial charge in [-0.05, 0) is 12.2 Å². The monoisotopic (exact) mass is 202 g/mol. The van der Waals surface area contributed by atoms with Crippen molar-refractivity contribution in [2.75, 3.05) is 0 Å². The fourth-order valence-corrected chi connectivity index (χ4v) is 1.38. The minimum absolute atomic E-state index is 0.0132. The van der Waals surface area contributed by atoms with Crippen LogP contribution in [0.5, 0.6) is 0 Å². The molecular weight excluding hydrogens is 192 g/mol. The zero-order valence-corrected chi connectivity index (χ0v) is 8.10. The molecule has 0 aliphatic heterocycles. The summed E-state index contributed by atoms with van der Waals surface area (Å²) in [6.07, 6.45) is 10.7. The molecular formula is C12H10O3. The Morgan fingerprint density at radius 3 is 1.73 bits per heavy atom. The van der Waals surface area contributed by atoms with Gasteiger partial charge in [0.1, 0.15) is 11.5 Å². The number of allylic oxidation sites excluding steroid dienone is 6. The highest BCUT2D eigenvalue weighted by Gasteiger charge is 2.09. The molecule has 3 nitrogen and oxygen atoms in total. The second-order valence-corrected chi connectivity index (χ2v) is 3.34. The number of hydrogen-bond donors (Lipinski definition) is 0. The van der Waals surface area contributed by atoms with E-state index in [1.165, 1.54) is 12.2 Å². The standard InChI is InChI=1S/C12H10O3/c13-9-3-1-5-11(7-9)15-12-6-2-4-10(14)8-12/h1-2,5-8H,3-4H2. The molecule has 0 spiro atoms. The molecule has 0 radical (unpaired) electrons. The molecule has 76 valence electrons. The summed E-state index contributed by atoms with van der Waals surface area (Å²) in [5.41, 5.74) is 0. The Balaban J connectivity index is 2.09. The van der Waals surface area contributed by atoms with Gasteiger partial charge in [-0.2, -0.15) is 0 Å². The first-order valence-electron chi connectivity index (χ1n) is 4.74. The number of ketones is 2. The second kappa shape index (κ2) is 4.09. The summed E-state index contributed by atoms with van der Waals surface area (Å²) in [7, 11) is 0. The van der Waals surface area contributed by atoms with Gasteiger partial charge in [-0.25, -0.2) is 0 Å². The van der Waals surface area contributed by atoms with Crippen molar-refractivity contribution in [3.63, 3.8) is 0 Å². The van der Waals surface area contributed by atoms with Gasteiger partial charge < -0.3 is 4.74 Å². The van der Waals surface area contributed by atoms with Crippen LogP contribution in [-0.4, -0.2) is 11.6 Å². The van der Waals surface area contributed by atoms with Crippen molar-refractivity contribution in [1.29, 1.82) is 0 Å². The largest absolute Gasteiger partial charge is 0.457 e. The SMILES string of the molecule is O=C1C=C(OC2=CC(=O)CC=C2)C=CC1. The second-order valence-electron chi connectivity index (χ2n) is 3.34. The van der Waals surface area contributed by atoms with Gasteiger partial charge in [0.05, 0.1) is 0 Å². The average Bonchev–Trinajstić information content (AvgIpc) is 2.17. The molecule has 0 heterocycles. The first-order chi connectivity index (χ1) is 7.24. The fourth-order valence-electron chi connectivity index (χ4n) is 1.38. The molecule has 15 heavy (non-hydrogen) atoms. The predicted molar refractivity (Wildman–Crippen MR) is 54.8 cm³/mol. The van der Waals surface area contributed by atoms with E-state index in [2.05, 4.69) is 0 Å². The van der Waals surface area contributed by atoms with Gasteiger partial charge in [-0.15, -0.1) is 0 Å². The maximum atomic E-state index is 11.1. The van der Waals surface area contributed by atoms with Crippen LogP contribution in [0.25, 0.3) is 0 Å². The Labute approximate surface area is 87.4 Å². The van der Waals surface area contributed by atoms with Crippen LogP contribution in [0.1, 0.15) is 12.8 Å². The molecule has 2 aliphatic rings. The Bertz CT molecular complexity index is 382. The lowest BCUT2D eigenvalue weighted by atomic mass is 10.1. The summed E-state index contributed by atoms with van der Waals surface area (Å²) >= 11 is 0. The maximum Gasteiger partial charge on any atom is 0.163 e. The first kappa shape index (κ1) is 9.65. The third-order valence-electron chi connectivity index (χ3n) is 2.04. The van der Waals surface area contributed by atoms with Crippen molar-refractivity contribution in [2.45, 2.75) is 12.8 Å². The highest BCUT2D eigenvalue weighted by atomic mass is 16.5. The van der Waals surface area contributed by atoms with Crippen LogP contribution in [-0.2, 0) is 14.3 Å². The lowest BCUT2D eigenvalue weighted by molar-refractivity contribution is -0.114. The molecule has 0 bridgehead atoms. The lowest BCUT2D eigenvalue weighted by Gasteiger charge is -2.11. The zero-order chi connectivity index (χ0) is 10.7. The molecule has 0 amide bonds. The zero-order valence-electron chi connectivity index (χ0n) is 8.10. The quantitative estimate of drug-likeness (QED) is 0.686. The highest BCUT2D eigenvalue weighted by Crippen LogP contribution is 2.16. The van der Waals surface area contributed by atoms with Crippen molar-refractivity contribution >= 4 is 11.6 Å². The van der Waals surface area contributed by atoms with Crippen molar-refractivity contribution in [3.8, 4) is 0 Å². The van der Waals surface area contributed by atoms with E-state index in [4.69, 9.17) is 4.74 Å². The maximum absolute atomic E-state index is 11.1. The minimum atomic E-state index is 0.0132. The first-order valence-corrected chi connectivity index (χ1v) is 4.74. The molecule has 0 saturated carbocycles. The van der Waals surface area contributed by atoms with Crippen LogP contribution >= 0.6 is 0 Å². The molecule has 0 aromatic carbocycles. The number of rotatable bonds is 2. The summed E-state index contributed by atoms with van der Waals surface area (Å²) in [6, 6.07) is 0. The third kappa shape index (κ3) is 2.53. The number of carbonyl (C=O) groups is 2. The topological polar surface area (TPSA) is 43.4 Å². The van der Waals surface area contributed by atoms with Gasteiger partial charge in [0, 0.05) is 25.0 Å². The van der Waals surface area contributed by atoms with Crippen molar-refractivity contribution in [3.05, 3.63) is 48.0 Å². The Kier molecular flexibility index (Phi) is 2.63. The molecule has 0 unspecified atom stereocenters. The molecule has 2 rings (SSSR count). The Hall–Kier alpha value is -1.90. The normalized spacial score (nSPS) is 20.0. The van der Waals surface area contributed by atoms with Crippen LogP contribution in [0.2, 0.25) is 0 Å². The average molecular weight is 202 g/mol. The van der Waals surface area contributed by atoms with Crippen LogP contribution < -0.4 is 0 Å². The van der Waals surface area contributed by atoms with E-state index in [0.29, 0.717) is 24.4 Å². The van der Waals surface area contributed by atoms with Gasteiger partial charge in [0.2, 0.25) is 0 Å².